The van der Waals surface area contributed by atoms with Crippen molar-refractivity contribution >= 4 is 29.1 Å². The van der Waals surface area contributed by atoms with Gasteiger partial charge in [-0.05, 0) is 54.8 Å². The minimum Gasteiger partial charge on any atom is -0.493 e. The van der Waals surface area contributed by atoms with Gasteiger partial charge in [0.15, 0.2) is 17.3 Å². The summed E-state index contributed by atoms with van der Waals surface area (Å²) in [6.07, 6.45) is 1.73. The first kappa shape index (κ1) is 26.1. The number of methoxy groups -OCH3 is 3. The molecule has 2 aromatic rings. The summed E-state index contributed by atoms with van der Waals surface area (Å²) in [5, 5.41) is 16.7. The van der Waals surface area contributed by atoms with Crippen LogP contribution in [0.15, 0.2) is 58.3 Å². The number of rotatable bonds is 8. The van der Waals surface area contributed by atoms with Gasteiger partial charge in [0, 0.05) is 23.4 Å². The lowest BCUT2D eigenvalue weighted by molar-refractivity contribution is -0.116. The van der Waals surface area contributed by atoms with E-state index in [1.54, 1.807) is 12.1 Å². The normalized spacial score (nSPS) is 16.9. The number of hydrogen-bond donors (Lipinski definition) is 2. The molecule has 0 saturated carbocycles. The summed E-state index contributed by atoms with van der Waals surface area (Å²) in [7, 11) is 4.51. The van der Waals surface area contributed by atoms with Crippen molar-refractivity contribution in [2.24, 2.45) is 0 Å². The summed E-state index contributed by atoms with van der Waals surface area (Å²) in [6.45, 7) is 0. The first-order chi connectivity index (χ1) is 17.9. The predicted octanol–water partition coefficient (Wildman–Crippen LogP) is 4.65. The summed E-state index contributed by atoms with van der Waals surface area (Å²) in [4.78, 5) is 25.7. The lowest BCUT2D eigenvalue weighted by Crippen LogP contribution is -2.31. The average Bonchev–Trinajstić information content (AvgIpc) is 2.91. The molecule has 1 heterocycles. The van der Waals surface area contributed by atoms with E-state index in [4.69, 9.17) is 14.2 Å². The maximum atomic E-state index is 13.2. The number of Topliss-reactive ketones (excluding diaryl/α,β-unsaturated/α-hetero) is 1. The second-order valence-electron chi connectivity index (χ2n) is 8.38. The Bertz CT molecular complexity index is 1310. The molecule has 37 heavy (non-hydrogen) atoms. The van der Waals surface area contributed by atoms with Crippen LogP contribution in [-0.2, 0) is 9.59 Å². The molecule has 2 N–H and O–H groups in total. The van der Waals surface area contributed by atoms with Gasteiger partial charge in [-0.2, -0.15) is 5.26 Å². The number of carbonyl (C=O) groups is 2. The van der Waals surface area contributed by atoms with Gasteiger partial charge in [0.2, 0.25) is 11.7 Å². The molecule has 1 atom stereocenters. The van der Waals surface area contributed by atoms with Crippen molar-refractivity contribution < 1.29 is 28.2 Å². The Morgan fingerprint density at radius 3 is 2.41 bits per heavy atom. The number of nitrogens with one attached hydrogen (secondary N) is 2. The SMILES string of the molecule is COc1cc(C2C(C#N)=C(SCC(=O)Nc3ccc(F)cc3)NC3=C2C(=O)CCC3)cc(OC)c1OC. The first-order valence-corrected chi connectivity index (χ1v) is 12.5. The summed E-state index contributed by atoms with van der Waals surface area (Å²) in [5.74, 6) is -0.177. The summed E-state index contributed by atoms with van der Waals surface area (Å²) in [6, 6.07) is 11.2. The molecule has 4 rings (SSSR count). The number of ether oxygens (including phenoxy) is 3. The minimum atomic E-state index is -0.662. The zero-order valence-electron chi connectivity index (χ0n) is 20.6. The number of thioether (sulfide) groups is 1. The maximum Gasteiger partial charge on any atom is 0.234 e. The highest BCUT2D eigenvalue weighted by atomic mass is 32.2. The topological polar surface area (TPSA) is 110 Å². The lowest BCUT2D eigenvalue weighted by atomic mass is 9.76. The van der Waals surface area contributed by atoms with Crippen molar-refractivity contribution in [1.29, 1.82) is 5.26 Å². The van der Waals surface area contributed by atoms with E-state index in [1.807, 2.05) is 0 Å². The first-order valence-electron chi connectivity index (χ1n) is 11.6. The third kappa shape index (κ3) is 5.42. The number of halogens is 1. The molecular formula is C27H26FN3O5S. The Balaban J connectivity index is 1.70. The van der Waals surface area contributed by atoms with Crippen LogP contribution in [-0.4, -0.2) is 38.8 Å². The van der Waals surface area contributed by atoms with Crippen LogP contribution >= 0.6 is 11.8 Å². The molecule has 192 valence electrons. The van der Waals surface area contributed by atoms with Gasteiger partial charge < -0.3 is 24.8 Å². The smallest absolute Gasteiger partial charge is 0.234 e. The minimum absolute atomic E-state index is 0.00340. The van der Waals surface area contributed by atoms with Crippen LogP contribution in [0.1, 0.15) is 30.7 Å². The second-order valence-corrected chi connectivity index (χ2v) is 9.37. The number of benzene rings is 2. The van der Waals surface area contributed by atoms with Crippen LogP contribution in [0.4, 0.5) is 10.1 Å². The van der Waals surface area contributed by atoms with Crippen LogP contribution in [0, 0.1) is 17.1 Å². The summed E-state index contributed by atoms with van der Waals surface area (Å²) < 4.78 is 29.6. The standard InChI is InChI=1S/C27H26FN3O5S/c1-34-21-11-15(12-22(35-2)26(21)36-3)24-18(13-29)27(31-19-5-4-6-20(32)25(19)24)37-14-23(33)30-17-9-7-16(28)8-10-17/h7-12,24,31H,4-6,14H2,1-3H3,(H,30,33). The van der Waals surface area contributed by atoms with Gasteiger partial charge in [0.05, 0.1) is 49.7 Å². The van der Waals surface area contributed by atoms with Crippen molar-refractivity contribution in [1.82, 2.24) is 5.32 Å². The molecule has 10 heteroatoms. The zero-order valence-corrected chi connectivity index (χ0v) is 21.5. The van der Waals surface area contributed by atoms with E-state index < -0.39 is 11.7 Å². The summed E-state index contributed by atoms with van der Waals surface area (Å²) in [5.41, 5.74) is 2.72. The van der Waals surface area contributed by atoms with Gasteiger partial charge in [0.25, 0.3) is 0 Å². The van der Waals surface area contributed by atoms with Gasteiger partial charge in [0.1, 0.15) is 5.82 Å². The fraction of sp³-hybridized carbons (Fsp3) is 0.296. The van der Waals surface area contributed by atoms with Gasteiger partial charge in [-0.15, -0.1) is 0 Å². The lowest BCUT2D eigenvalue weighted by Gasteiger charge is -2.33. The largest absolute Gasteiger partial charge is 0.493 e. The number of ketones is 1. The average molecular weight is 524 g/mol. The molecule has 0 aromatic heterocycles. The molecule has 0 spiro atoms. The highest BCUT2D eigenvalue weighted by molar-refractivity contribution is 8.03. The number of allylic oxidation sites excluding steroid dienone is 3. The molecule has 0 fully saturated rings. The Labute approximate surface area is 218 Å². The number of hydrogen-bond acceptors (Lipinski definition) is 8. The van der Waals surface area contributed by atoms with E-state index >= 15 is 0 Å². The molecule has 8 nitrogen and oxygen atoms in total. The van der Waals surface area contributed by atoms with E-state index in [-0.39, 0.29) is 17.4 Å². The molecule has 0 saturated heterocycles. The number of anilines is 1. The molecule has 2 aliphatic rings. The summed E-state index contributed by atoms with van der Waals surface area (Å²) >= 11 is 1.17. The number of dihydropyridines is 1. The number of nitrogens with zero attached hydrogens (tertiary/aromatic N) is 1. The molecule has 0 radical (unpaired) electrons. The Morgan fingerprint density at radius 2 is 1.81 bits per heavy atom. The number of amides is 1. The zero-order chi connectivity index (χ0) is 26.5. The van der Waals surface area contributed by atoms with Crippen LogP contribution < -0.4 is 24.8 Å². The van der Waals surface area contributed by atoms with Crippen LogP contribution in [0.5, 0.6) is 17.2 Å². The van der Waals surface area contributed by atoms with Crippen molar-refractivity contribution in [2.45, 2.75) is 25.2 Å². The van der Waals surface area contributed by atoms with E-state index in [0.717, 1.165) is 5.70 Å². The quantitative estimate of drug-likeness (QED) is 0.515. The van der Waals surface area contributed by atoms with E-state index in [1.165, 1.54) is 57.4 Å². The van der Waals surface area contributed by atoms with E-state index in [2.05, 4.69) is 16.7 Å². The predicted molar refractivity (Wildman–Crippen MR) is 138 cm³/mol. The van der Waals surface area contributed by atoms with Crippen LogP contribution in [0.25, 0.3) is 0 Å². The Morgan fingerprint density at radius 1 is 1.14 bits per heavy atom. The fourth-order valence-electron chi connectivity index (χ4n) is 4.51. The van der Waals surface area contributed by atoms with Crippen molar-refractivity contribution in [3.63, 3.8) is 0 Å². The van der Waals surface area contributed by atoms with Gasteiger partial charge in [-0.1, -0.05) is 11.8 Å². The molecule has 0 bridgehead atoms. The molecular weight excluding hydrogens is 497 g/mol. The molecule has 1 unspecified atom stereocenters. The third-order valence-corrected chi connectivity index (χ3v) is 7.18. The van der Waals surface area contributed by atoms with E-state index in [0.29, 0.717) is 63.9 Å². The van der Waals surface area contributed by atoms with Gasteiger partial charge >= 0.3 is 0 Å². The van der Waals surface area contributed by atoms with Gasteiger partial charge in [-0.3, -0.25) is 9.59 Å². The number of nitriles is 1. The molecule has 1 aliphatic heterocycles. The molecule has 2 aromatic carbocycles. The third-order valence-electron chi connectivity index (χ3n) is 6.16. The van der Waals surface area contributed by atoms with Crippen molar-refractivity contribution in [3.8, 4) is 23.3 Å². The van der Waals surface area contributed by atoms with Crippen LogP contribution in [0.2, 0.25) is 0 Å². The second kappa shape index (κ2) is 11.4. The van der Waals surface area contributed by atoms with Gasteiger partial charge in [-0.25, -0.2) is 4.39 Å². The number of carbonyl (C=O) groups excluding carboxylic acids is 2. The highest BCUT2D eigenvalue weighted by Gasteiger charge is 2.38. The Kier molecular flexibility index (Phi) is 8.04. The van der Waals surface area contributed by atoms with Crippen molar-refractivity contribution in [3.05, 3.63) is 69.7 Å². The Hall–Kier alpha value is -3.97. The van der Waals surface area contributed by atoms with Crippen molar-refractivity contribution in [2.75, 3.05) is 32.4 Å². The fourth-order valence-corrected chi connectivity index (χ4v) is 5.37. The van der Waals surface area contributed by atoms with E-state index in [9.17, 15) is 19.2 Å². The molecule has 1 aliphatic carbocycles. The molecule has 1 amide bonds. The maximum absolute atomic E-state index is 13.2. The highest BCUT2D eigenvalue weighted by Crippen LogP contribution is 2.48. The van der Waals surface area contributed by atoms with Crippen LogP contribution in [0.3, 0.4) is 0 Å². The monoisotopic (exact) mass is 523 g/mol.